The Morgan fingerprint density at radius 1 is 1.10 bits per heavy atom. The zero-order chi connectivity index (χ0) is 20.5. The fourth-order valence-corrected chi connectivity index (χ4v) is 3.42. The Labute approximate surface area is 168 Å². The number of nitrogens with zero attached hydrogens (tertiary/aromatic N) is 2. The van der Waals surface area contributed by atoms with E-state index < -0.39 is 5.92 Å². The van der Waals surface area contributed by atoms with Crippen LogP contribution in [0.15, 0.2) is 42.5 Å². The van der Waals surface area contributed by atoms with E-state index in [0.29, 0.717) is 28.4 Å². The fourth-order valence-electron chi connectivity index (χ4n) is 3.42. The first kappa shape index (κ1) is 18.8. The monoisotopic (exact) mass is 395 g/mol. The van der Waals surface area contributed by atoms with Crippen molar-refractivity contribution in [3.63, 3.8) is 0 Å². The van der Waals surface area contributed by atoms with Gasteiger partial charge in [-0.05, 0) is 30.3 Å². The summed E-state index contributed by atoms with van der Waals surface area (Å²) in [4.78, 5) is 40.4. The molecule has 2 heterocycles. The first-order valence-electron chi connectivity index (χ1n) is 9.25. The van der Waals surface area contributed by atoms with E-state index in [1.54, 1.807) is 61.5 Å². The van der Waals surface area contributed by atoms with Gasteiger partial charge in [0.2, 0.25) is 18.6 Å². The highest BCUT2D eigenvalue weighted by molar-refractivity contribution is 6.04. The number of anilines is 2. The van der Waals surface area contributed by atoms with Crippen LogP contribution in [0.1, 0.15) is 16.8 Å². The molecule has 0 aliphatic carbocycles. The zero-order valence-electron chi connectivity index (χ0n) is 16.2. The van der Waals surface area contributed by atoms with Crippen LogP contribution < -0.4 is 19.7 Å². The van der Waals surface area contributed by atoms with E-state index in [4.69, 9.17) is 9.47 Å². The largest absolute Gasteiger partial charge is 0.454 e. The summed E-state index contributed by atoms with van der Waals surface area (Å²) in [5.74, 6) is 0.219. The van der Waals surface area contributed by atoms with Gasteiger partial charge < -0.3 is 24.6 Å². The molecule has 0 spiro atoms. The summed E-state index contributed by atoms with van der Waals surface area (Å²) in [5, 5.41) is 2.82. The lowest BCUT2D eigenvalue weighted by molar-refractivity contribution is -0.122. The van der Waals surface area contributed by atoms with Crippen molar-refractivity contribution in [2.24, 2.45) is 5.92 Å². The topological polar surface area (TPSA) is 88.2 Å². The second kappa shape index (κ2) is 7.46. The van der Waals surface area contributed by atoms with Crippen molar-refractivity contribution in [2.45, 2.75) is 6.42 Å². The molecule has 150 valence electrons. The van der Waals surface area contributed by atoms with Gasteiger partial charge in [0.25, 0.3) is 5.91 Å². The summed E-state index contributed by atoms with van der Waals surface area (Å²) in [6.45, 7) is 0.438. The number of fused-ring (bicyclic) bond motifs is 1. The molecule has 1 saturated heterocycles. The van der Waals surface area contributed by atoms with Crippen LogP contribution in [0.5, 0.6) is 11.5 Å². The molecule has 2 aliphatic heterocycles. The molecule has 29 heavy (non-hydrogen) atoms. The molecule has 2 aromatic carbocycles. The van der Waals surface area contributed by atoms with E-state index in [-0.39, 0.29) is 37.5 Å². The van der Waals surface area contributed by atoms with Crippen molar-refractivity contribution in [3.8, 4) is 11.5 Å². The number of amides is 3. The van der Waals surface area contributed by atoms with Crippen molar-refractivity contribution >= 4 is 29.1 Å². The van der Waals surface area contributed by atoms with Gasteiger partial charge in [0.1, 0.15) is 0 Å². The fraction of sp³-hybridized carbons (Fsp3) is 0.286. The first-order chi connectivity index (χ1) is 13.9. The van der Waals surface area contributed by atoms with Crippen molar-refractivity contribution in [1.82, 2.24) is 4.90 Å². The molecule has 8 nitrogen and oxygen atoms in total. The minimum absolute atomic E-state index is 0.122. The Hall–Kier alpha value is -3.55. The Bertz CT molecular complexity index is 988. The van der Waals surface area contributed by atoms with E-state index in [2.05, 4.69) is 5.32 Å². The van der Waals surface area contributed by atoms with E-state index in [0.717, 1.165) is 0 Å². The summed E-state index contributed by atoms with van der Waals surface area (Å²) in [6.07, 6.45) is 0.122. The van der Waals surface area contributed by atoms with Crippen molar-refractivity contribution < 1.29 is 23.9 Å². The average Bonchev–Trinajstić information content (AvgIpc) is 3.33. The van der Waals surface area contributed by atoms with Crippen LogP contribution in [0.25, 0.3) is 0 Å². The van der Waals surface area contributed by atoms with Gasteiger partial charge in [-0.2, -0.15) is 0 Å². The number of rotatable bonds is 4. The highest BCUT2D eigenvalue weighted by Crippen LogP contribution is 2.37. The quantitative estimate of drug-likeness (QED) is 0.857. The SMILES string of the molecule is CN(C)C(=O)c1cccc(NC(=O)C2CC(=O)N(c3ccc4c(c3)OCO4)C2)c1. The lowest BCUT2D eigenvalue weighted by atomic mass is 10.1. The smallest absolute Gasteiger partial charge is 0.253 e. The summed E-state index contributed by atoms with van der Waals surface area (Å²) < 4.78 is 10.7. The predicted molar refractivity (Wildman–Crippen MR) is 106 cm³/mol. The Morgan fingerprint density at radius 2 is 1.90 bits per heavy atom. The first-order valence-corrected chi connectivity index (χ1v) is 9.25. The normalized spacial score (nSPS) is 17.4. The molecule has 0 saturated carbocycles. The van der Waals surface area contributed by atoms with Crippen LogP contribution in [0.2, 0.25) is 0 Å². The molecule has 1 unspecified atom stereocenters. The molecule has 0 aromatic heterocycles. The molecular weight excluding hydrogens is 374 g/mol. The minimum atomic E-state index is -0.485. The van der Waals surface area contributed by atoms with Crippen LogP contribution >= 0.6 is 0 Å². The van der Waals surface area contributed by atoms with Gasteiger partial charge in [-0.25, -0.2) is 0 Å². The van der Waals surface area contributed by atoms with Gasteiger partial charge in [0.15, 0.2) is 11.5 Å². The van der Waals surface area contributed by atoms with Crippen molar-refractivity contribution in [2.75, 3.05) is 37.6 Å². The molecule has 1 fully saturated rings. The van der Waals surface area contributed by atoms with Crippen molar-refractivity contribution in [1.29, 1.82) is 0 Å². The Morgan fingerprint density at radius 3 is 2.69 bits per heavy atom. The highest BCUT2D eigenvalue weighted by Gasteiger charge is 2.35. The maximum absolute atomic E-state index is 12.7. The molecular formula is C21H21N3O5. The van der Waals surface area contributed by atoms with Gasteiger partial charge in [-0.3, -0.25) is 14.4 Å². The van der Waals surface area contributed by atoms with Crippen molar-refractivity contribution in [3.05, 3.63) is 48.0 Å². The lowest BCUT2D eigenvalue weighted by Crippen LogP contribution is -2.28. The number of hydrogen-bond acceptors (Lipinski definition) is 5. The van der Waals surface area contributed by atoms with Gasteiger partial charge in [0.05, 0.1) is 5.92 Å². The number of nitrogens with one attached hydrogen (secondary N) is 1. The Kier molecular flexibility index (Phi) is 4.84. The van der Waals surface area contributed by atoms with Gasteiger partial charge in [0, 0.05) is 50.1 Å². The third kappa shape index (κ3) is 3.73. The standard InChI is InChI=1S/C21H21N3O5/c1-23(2)21(27)13-4-3-5-15(8-13)22-20(26)14-9-19(25)24(11-14)16-6-7-17-18(10-16)29-12-28-17/h3-8,10,14H,9,11-12H2,1-2H3,(H,22,26). The van der Waals surface area contributed by atoms with Gasteiger partial charge in [-0.15, -0.1) is 0 Å². The second-order valence-electron chi connectivity index (χ2n) is 7.21. The highest BCUT2D eigenvalue weighted by atomic mass is 16.7. The van der Waals surface area contributed by atoms with Gasteiger partial charge in [-0.1, -0.05) is 6.07 Å². The van der Waals surface area contributed by atoms with Crippen LogP contribution in [-0.2, 0) is 9.59 Å². The molecule has 1 atom stereocenters. The van der Waals surface area contributed by atoms with Crippen LogP contribution in [0, 0.1) is 5.92 Å². The molecule has 0 bridgehead atoms. The summed E-state index contributed by atoms with van der Waals surface area (Å²) in [6, 6.07) is 12.0. The number of ether oxygens (including phenoxy) is 2. The molecule has 1 N–H and O–H groups in total. The number of benzene rings is 2. The molecule has 4 rings (SSSR count). The average molecular weight is 395 g/mol. The van der Waals surface area contributed by atoms with E-state index in [9.17, 15) is 14.4 Å². The minimum Gasteiger partial charge on any atom is -0.454 e. The molecule has 2 aromatic rings. The van der Waals surface area contributed by atoms with Crippen LogP contribution in [-0.4, -0.2) is 50.1 Å². The molecule has 8 heteroatoms. The maximum atomic E-state index is 12.7. The number of carbonyl (C=O) groups is 3. The van der Waals surface area contributed by atoms with E-state index in [1.807, 2.05) is 0 Å². The van der Waals surface area contributed by atoms with Crippen LogP contribution in [0.3, 0.4) is 0 Å². The summed E-state index contributed by atoms with van der Waals surface area (Å²) in [5.41, 5.74) is 1.68. The molecule has 0 radical (unpaired) electrons. The number of hydrogen-bond donors (Lipinski definition) is 1. The zero-order valence-corrected chi connectivity index (χ0v) is 16.2. The second-order valence-corrected chi connectivity index (χ2v) is 7.21. The third-order valence-corrected chi connectivity index (χ3v) is 4.95. The molecule has 3 amide bonds. The summed E-state index contributed by atoms with van der Waals surface area (Å²) >= 11 is 0. The third-order valence-electron chi connectivity index (χ3n) is 4.95. The maximum Gasteiger partial charge on any atom is 0.253 e. The number of carbonyl (C=O) groups excluding carboxylic acids is 3. The lowest BCUT2D eigenvalue weighted by Gasteiger charge is -2.17. The molecule has 2 aliphatic rings. The Balaban J connectivity index is 1.45. The predicted octanol–water partition coefficient (Wildman–Crippen LogP) is 2.11. The van der Waals surface area contributed by atoms with Gasteiger partial charge >= 0.3 is 0 Å². The van der Waals surface area contributed by atoms with E-state index >= 15 is 0 Å². The summed E-state index contributed by atoms with van der Waals surface area (Å²) in [7, 11) is 3.34. The van der Waals surface area contributed by atoms with E-state index in [1.165, 1.54) is 4.90 Å². The van der Waals surface area contributed by atoms with Crippen LogP contribution in [0.4, 0.5) is 11.4 Å².